The van der Waals surface area contributed by atoms with Crippen LogP contribution in [0.25, 0.3) is 0 Å². The van der Waals surface area contributed by atoms with Gasteiger partial charge in [-0.25, -0.2) is 4.79 Å². The van der Waals surface area contributed by atoms with Gasteiger partial charge in [-0.3, -0.25) is 9.48 Å². The summed E-state index contributed by atoms with van der Waals surface area (Å²) < 4.78 is 6.73. The van der Waals surface area contributed by atoms with E-state index in [2.05, 4.69) is 10.4 Å². The lowest BCUT2D eigenvalue weighted by atomic mass is 10.1. The van der Waals surface area contributed by atoms with Crippen LogP contribution in [0.1, 0.15) is 47.4 Å². The molecule has 1 aromatic carbocycles. The SMILES string of the molecule is Cc1nn(CC(C)C)c(Cl)c1C(=O)OCC(=O)Nc1ccc2c(c1)CCC2. The monoisotopic (exact) mass is 389 g/mol. The van der Waals surface area contributed by atoms with Crippen LogP contribution in [-0.4, -0.2) is 28.3 Å². The van der Waals surface area contributed by atoms with Crippen LogP contribution in [0.2, 0.25) is 5.15 Å². The molecule has 1 N–H and O–H groups in total. The van der Waals surface area contributed by atoms with Crippen molar-refractivity contribution in [3.63, 3.8) is 0 Å². The second-order valence-corrected chi connectivity index (χ2v) is 7.65. The van der Waals surface area contributed by atoms with E-state index in [4.69, 9.17) is 16.3 Å². The molecule has 1 aromatic heterocycles. The maximum atomic E-state index is 12.4. The Morgan fingerprint density at radius 2 is 2.04 bits per heavy atom. The van der Waals surface area contributed by atoms with Gasteiger partial charge >= 0.3 is 5.97 Å². The lowest BCUT2D eigenvalue weighted by Crippen LogP contribution is -2.21. The molecule has 3 rings (SSSR count). The Balaban J connectivity index is 1.59. The number of nitrogens with zero attached hydrogens (tertiary/aromatic N) is 2. The normalized spacial score (nSPS) is 12.9. The predicted molar refractivity (Wildman–Crippen MR) is 104 cm³/mol. The van der Waals surface area contributed by atoms with Crippen molar-refractivity contribution in [2.45, 2.75) is 46.6 Å². The molecule has 0 unspecified atom stereocenters. The molecule has 1 heterocycles. The Morgan fingerprint density at radius 1 is 1.30 bits per heavy atom. The number of nitrogens with one attached hydrogen (secondary N) is 1. The third-order valence-corrected chi connectivity index (χ3v) is 4.91. The molecule has 1 aliphatic carbocycles. The van der Waals surface area contributed by atoms with Gasteiger partial charge in [0.2, 0.25) is 0 Å². The topological polar surface area (TPSA) is 73.2 Å². The number of carbonyl (C=O) groups is 2. The van der Waals surface area contributed by atoms with Crippen LogP contribution in [0, 0.1) is 12.8 Å². The van der Waals surface area contributed by atoms with Crippen LogP contribution < -0.4 is 5.32 Å². The molecule has 1 aliphatic rings. The molecule has 0 saturated heterocycles. The van der Waals surface area contributed by atoms with Gasteiger partial charge in [-0.05, 0) is 55.4 Å². The number of halogens is 1. The van der Waals surface area contributed by atoms with Crippen LogP contribution in [0.5, 0.6) is 0 Å². The Morgan fingerprint density at radius 3 is 2.78 bits per heavy atom. The van der Waals surface area contributed by atoms with Gasteiger partial charge < -0.3 is 10.1 Å². The molecule has 2 aromatic rings. The summed E-state index contributed by atoms with van der Waals surface area (Å²) in [4.78, 5) is 24.5. The molecule has 0 saturated carbocycles. The molecule has 144 valence electrons. The molecule has 7 heteroatoms. The molecule has 0 atom stereocenters. The standard InChI is InChI=1S/C20H24ClN3O3/c1-12(2)10-24-19(21)18(13(3)23-24)20(26)27-11-17(25)22-16-8-7-14-5-4-6-15(14)9-16/h7-9,12H,4-6,10-11H2,1-3H3,(H,22,25). The number of benzene rings is 1. The summed E-state index contributed by atoms with van der Waals surface area (Å²) >= 11 is 6.27. The Bertz CT molecular complexity index is 874. The maximum Gasteiger partial charge on any atom is 0.343 e. The van der Waals surface area contributed by atoms with E-state index in [0.29, 0.717) is 18.2 Å². The van der Waals surface area contributed by atoms with Gasteiger partial charge in [-0.1, -0.05) is 31.5 Å². The Hall–Kier alpha value is -2.34. The van der Waals surface area contributed by atoms with E-state index in [0.717, 1.165) is 24.9 Å². The molecule has 0 aliphatic heterocycles. The van der Waals surface area contributed by atoms with Crippen molar-refractivity contribution in [2.24, 2.45) is 5.92 Å². The van der Waals surface area contributed by atoms with Crippen LogP contribution >= 0.6 is 11.6 Å². The largest absolute Gasteiger partial charge is 0.452 e. The number of anilines is 1. The quantitative estimate of drug-likeness (QED) is 0.763. The van der Waals surface area contributed by atoms with Gasteiger partial charge in [0.15, 0.2) is 6.61 Å². The fraction of sp³-hybridized carbons (Fsp3) is 0.450. The molecule has 0 fully saturated rings. The number of aromatic nitrogens is 2. The second kappa shape index (κ2) is 8.13. The lowest BCUT2D eigenvalue weighted by molar-refractivity contribution is -0.119. The van der Waals surface area contributed by atoms with Crippen molar-refractivity contribution in [1.82, 2.24) is 9.78 Å². The van der Waals surface area contributed by atoms with Gasteiger partial charge in [-0.2, -0.15) is 5.10 Å². The summed E-state index contributed by atoms with van der Waals surface area (Å²) in [5, 5.41) is 7.29. The first-order valence-electron chi connectivity index (χ1n) is 9.17. The molecule has 0 radical (unpaired) electrons. The third kappa shape index (κ3) is 4.50. The van der Waals surface area contributed by atoms with Gasteiger partial charge in [0.1, 0.15) is 10.7 Å². The van der Waals surface area contributed by atoms with Gasteiger partial charge in [0.05, 0.1) is 5.69 Å². The molecular weight excluding hydrogens is 366 g/mol. The van der Waals surface area contributed by atoms with Crippen molar-refractivity contribution < 1.29 is 14.3 Å². The number of ether oxygens (including phenoxy) is 1. The molecule has 6 nitrogen and oxygen atoms in total. The number of amides is 1. The summed E-state index contributed by atoms with van der Waals surface area (Å²) in [6, 6.07) is 5.90. The highest BCUT2D eigenvalue weighted by Gasteiger charge is 2.23. The number of hydrogen-bond acceptors (Lipinski definition) is 4. The lowest BCUT2D eigenvalue weighted by Gasteiger charge is -2.09. The van der Waals surface area contributed by atoms with Crippen molar-refractivity contribution in [3.8, 4) is 0 Å². The molecule has 0 bridgehead atoms. The van der Waals surface area contributed by atoms with Crippen molar-refractivity contribution in [1.29, 1.82) is 0 Å². The van der Waals surface area contributed by atoms with Crippen molar-refractivity contribution in [3.05, 3.63) is 45.7 Å². The highest BCUT2D eigenvalue weighted by Crippen LogP contribution is 2.25. The number of hydrogen-bond donors (Lipinski definition) is 1. The first-order chi connectivity index (χ1) is 12.8. The second-order valence-electron chi connectivity index (χ2n) is 7.29. The van der Waals surface area contributed by atoms with Crippen molar-refractivity contribution >= 4 is 29.2 Å². The number of esters is 1. The predicted octanol–water partition coefficient (Wildman–Crippen LogP) is 3.79. The molecular formula is C20H24ClN3O3. The maximum absolute atomic E-state index is 12.4. The first kappa shape index (κ1) is 19.4. The van der Waals surface area contributed by atoms with E-state index in [9.17, 15) is 9.59 Å². The number of rotatable bonds is 6. The zero-order valence-corrected chi connectivity index (χ0v) is 16.6. The number of aryl methyl sites for hydroxylation is 3. The van der Waals surface area contributed by atoms with Crippen LogP contribution in [0.4, 0.5) is 5.69 Å². The average Bonchev–Trinajstić information content (AvgIpc) is 3.16. The van der Waals surface area contributed by atoms with E-state index in [1.165, 1.54) is 11.1 Å². The minimum absolute atomic E-state index is 0.211. The van der Waals surface area contributed by atoms with E-state index in [1.807, 2.05) is 32.0 Å². The summed E-state index contributed by atoms with van der Waals surface area (Å²) in [5.41, 5.74) is 4.02. The fourth-order valence-electron chi connectivity index (χ4n) is 3.30. The third-order valence-electron chi connectivity index (χ3n) is 4.52. The van der Waals surface area contributed by atoms with Gasteiger partial charge in [-0.15, -0.1) is 0 Å². The highest BCUT2D eigenvalue weighted by molar-refractivity contribution is 6.32. The Kier molecular flexibility index (Phi) is 5.85. The Labute approximate surface area is 163 Å². The van der Waals surface area contributed by atoms with E-state index >= 15 is 0 Å². The molecule has 27 heavy (non-hydrogen) atoms. The minimum Gasteiger partial charge on any atom is -0.452 e. The van der Waals surface area contributed by atoms with Gasteiger partial charge in [0.25, 0.3) is 5.91 Å². The summed E-state index contributed by atoms with van der Waals surface area (Å²) in [6.07, 6.45) is 3.27. The zero-order chi connectivity index (χ0) is 19.6. The molecule has 1 amide bonds. The summed E-state index contributed by atoms with van der Waals surface area (Å²) in [6.45, 7) is 6.00. The van der Waals surface area contributed by atoms with Crippen LogP contribution in [0.15, 0.2) is 18.2 Å². The van der Waals surface area contributed by atoms with Crippen LogP contribution in [-0.2, 0) is 28.9 Å². The van der Waals surface area contributed by atoms with Crippen LogP contribution in [0.3, 0.4) is 0 Å². The van der Waals surface area contributed by atoms with Gasteiger partial charge in [0, 0.05) is 12.2 Å². The molecule has 0 spiro atoms. The minimum atomic E-state index is -0.642. The summed E-state index contributed by atoms with van der Waals surface area (Å²) in [5.74, 6) is -0.690. The average molecular weight is 390 g/mol. The van der Waals surface area contributed by atoms with E-state index < -0.39 is 5.97 Å². The van der Waals surface area contributed by atoms with E-state index in [1.54, 1.807) is 11.6 Å². The van der Waals surface area contributed by atoms with E-state index in [-0.39, 0.29) is 23.2 Å². The highest BCUT2D eigenvalue weighted by atomic mass is 35.5. The first-order valence-corrected chi connectivity index (χ1v) is 9.54. The fourth-order valence-corrected chi connectivity index (χ4v) is 3.62. The summed E-state index contributed by atoms with van der Waals surface area (Å²) in [7, 11) is 0. The number of fused-ring (bicyclic) bond motifs is 1. The number of carbonyl (C=O) groups excluding carboxylic acids is 2. The van der Waals surface area contributed by atoms with Crippen molar-refractivity contribution in [2.75, 3.05) is 11.9 Å². The zero-order valence-electron chi connectivity index (χ0n) is 15.8. The smallest absolute Gasteiger partial charge is 0.343 e.